The van der Waals surface area contributed by atoms with Crippen molar-refractivity contribution < 1.29 is 18.1 Å². The SMILES string of the molecule is O=C(Cc1nc(Cc2cccc(Br)c2)no1)C(F)F. The lowest BCUT2D eigenvalue weighted by Gasteiger charge is -1.97. The van der Waals surface area contributed by atoms with Crippen LogP contribution in [-0.4, -0.2) is 22.3 Å². The third-order valence-corrected chi connectivity index (χ3v) is 2.82. The van der Waals surface area contributed by atoms with Crippen molar-refractivity contribution in [1.29, 1.82) is 0 Å². The molecule has 0 saturated heterocycles. The highest BCUT2D eigenvalue weighted by atomic mass is 79.9. The highest BCUT2D eigenvalue weighted by molar-refractivity contribution is 9.10. The van der Waals surface area contributed by atoms with E-state index in [2.05, 4.69) is 26.1 Å². The fourth-order valence-electron chi connectivity index (χ4n) is 1.49. The van der Waals surface area contributed by atoms with Gasteiger partial charge in [-0.2, -0.15) is 4.98 Å². The van der Waals surface area contributed by atoms with E-state index in [1.54, 1.807) is 0 Å². The third kappa shape index (κ3) is 3.92. The summed E-state index contributed by atoms with van der Waals surface area (Å²) >= 11 is 3.34. The zero-order valence-electron chi connectivity index (χ0n) is 9.65. The number of alkyl halides is 2. The van der Waals surface area contributed by atoms with Crippen LogP contribution >= 0.6 is 15.9 Å². The summed E-state index contributed by atoms with van der Waals surface area (Å²) in [5.41, 5.74) is 0.946. The van der Waals surface area contributed by atoms with E-state index in [4.69, 9.17) is 4.52 Å². The Morgan fingerprint density at radius 2 is 2.21 bits per heavy atom. The van der Waals surface area contributed by atoms with Crippen LogP contribution in [0.4, 0.5) is 8.78 Å². The average molecular weight is 331 g/mol. The molecule has 1 aromatic carbocycles. The number of benzene rings is 1. The normalized spacial score (nSPS) is 10.9. The molecular weight excluding hydrogens is 322 g/mol. The molecule has 0 aliphatic rings. The zero-order chi connectivity index (χ0) is 13.8. The van der Waals surface area contributed by atoms with Crippen molar-refractivity contribution in [3.05, 3.63) is 46.0 Å². The van der Waals surface area contributed by atoms with Gasteiger partial charge >= 0.3 is 0 Å². The molecule has 0 bridgehead atoms. The Hall–Kier alpha value is -1.63. The van der Waals surface area contributed by atoms with E-state index < -0.39 is 18.6 Å². The van der Waals surface area contributed by atoms with Gasteiger partial charge in [0.1, 0.15) is 0 Å². The maximum absolute atomic E-state index is 12.1. The molecule has 1 heterocycles. The van der Waals surface area contributed by atoms with Crippen molar-refractivity contribution >= 4 is 21.7 Å². The van der Waals surface area contributed by atoms with E-state index in [1.807, 2.05) is 24.3 Å². The van der Waals surface area contributed by atoms with Crippen molar-refractivity contribution in [2.24, 2.45) is 0 Å². The smallest absolute Gasteiger partial charge is 0.296 e. The van der Waals surface area contributed by atoms with E-state index in [0.717, 1.165) is 10.0 Å². The molecular formula is C12H9BrF2N2O2. The van der Waals surface area contributed by atoms with Gasteiger partial charge in [-0.05, 0) is 17.7 Å². The molecule has 19 heavy (non-hydrogen) atoms. The molecule has 0 unspecified atom stereocenters. The summed E-state index contributed by atoms with van der Waals surface area (Å²) in [6.45, 7) is 0. The molecule has 0 spiro atoms. The molecule has 0 amide bonds. The fraction of sp³-hybridized carbons (Fsp3) is 0.250. The molecule has 100 valence electrons. The van der Waals surface area contributed by atoms with Gasteiger partial charge < -0.3 is 4.52 Å². The summed E-state index contributed by atoms with van der Waals surface area (Å²) in [6, 6.07) is 7.51. The van der Waals surface area contributed by atoms with Crippen LogP contribution in [0.1, 0.15) is 17.3 Å². The van der Waals surface area contributed by atoms with Crippen LogP contribution in [-0.2, 0) is 17.6 Å². The molecule has 2 aromatic rings. The largest absolute Gasteiger partial charge is 0.339 e. The topological polar surface area (TPSA) is 56.0 Å². The summed E-state index contributed by atoms with van der Waals surface area (Å²) in [6.07, 6.45) is -3.14. The predicted octanol–water partition coefficient (Wildman–Crippen LogP) is 2.80. The number of carbonyl (C=O) groups is 1. The first-order chi connectivity index (χ1) is 9.04. The number of ketones is 1. The van der Waals surface area contributed by atoms with Crippen LogP contribution in [0.15, 0.2) is 33.3 Å². The first-order valence-corrected chi connectivity index (χ1v) is 6.20. The van der Waals surface area contributed by atoms with Crippen LogP contribution in [0.25, 0.3) is 0 Å². The number of carbonyl (C=O) groups excluding carboxylic acids is 1. The Bertz CT molecular complexity index is 587. The molecule has 0 saturated carbocycles. The number of Topliss-reactive ketones (excluding diaryl/α,β-unsaturated/α-hetero) is 1. The van der Waals surface area contributed by atoms with Crippen LogP contribution in [0.5, 0.6) is 0 Å². The van der Waals surface area contributed by atoms with Gasteiger partial charge in [0.15, 0.2) is 5.82 Å². The van der Waals surface area contributed by atoms with Gasteiger partial charge in [0.25, 0.3) is 6.43 Å². The minimum Gasteiger partial charge on any atom is -0.339 e. The second-order valence-electron chi connectivity index (χ2n) is 3.85. The van der Waals surface area contributed by atoms with Gasteiger partial charge in [-0.15, -0.1) is 0 Å². The lowest BCUT2D eigenvalue weighted by molar-refractivity contribution is -0.129. The molecule has 0 fully saturated rings. The molecule has 1 aromatic heterocycles. The molecule has 0 aliphatic heterocycles. The molecule has 4 nitrogen and oxygen atoms in total. The third-order valence-electron chi connectivity index (χ3n) is 2.33. The van der Waals surface area contributed by atoms with E-state index in [0.29, 0.717) is 12.2 Å². The van der Waals surface area contributed by atoms with Crippen molar-refractivity contribution in [1.82, 2.24) is 10.1 Å². The first-order valence-electron chi connectivity index (χ1n) is 5.41. The molecule has 0 N–H and O–H groups in total. The summed E-state index contributed by atoms with van der Waals surface area (Å²) in [5.74, 6) is -0.955. The summed E-state index contributed by atoms with van der Waals surface area (Å²) in [4.78, 5) is 14.8. The molecule has 0 radical (unpaired) electrons. The Balaban J connectivity index is 2.03. The zero-order valence-corrected chi connectivity index (χ0v) is 11.2. The highest BCUT2D eigenvalue weighted by Crippen LogP contribution is 2.14. The van der Waals surface area contributed by atoms with Gasteiger partial charge in [0, 0.05) is 10.9 Å². The fourth-order valence-corrected chi connectivity index (χ4v) is 1.94. The van der Waals surface area contributed by atoms with Gasteiger partial charge in [-0.1, -0.05) is 33.2 Å². The Morgan fingerprint density at radius 1 is 1.42 bits per heavy atom. The average Bonchev–Trinajstić information content (AvgIpc) is 2.76. The monoisotopic (exact) mass is 330 g/mol. The van der Waals surface area contributed by atoms with Gasteiger partial charge in [-0.25, -0.2) is 8.78 Å². The summed E-state index contributed by atoms with van der Waals surface area (Å²) in [5, 5.41) is 3.65. The Morgan fingerprint density at radius 3 is 2.89 bits per heavy atom. The number of halogens is 3. The number of hydrogen-bond acceptors (Lipinski definition) is 4. The van der Waals surface area contributed by atoms with Gasteiger partial charge in [0.2, 0.25) is 11.7 Å². The van der Waals surface area contributed by atoms with Gasteiger partial charge in [0.05, 0.1) is 6.42 Å². The standard InChI is InChI=1S/C12H9BrF2N2O2/c13-8-3-1-2-7(4-8)5-10-16-11(19-17-10)6-9(18)12(14)15/h1-4,12H,5-6H2. The quantitative estimate of drug-likeness (QED) is 0.845. The van der Waals surface area contributed by atoms with Gasteiger partial charge in [-0.3, -0.25) is 4.79 Å². The molecule has 0 atom stereocenters. The van der Waals surface area contributed by atoms with Crippen molar-refractivity contribution in [3.8, 4) is 0 Å². The molecule has 0 aliphatic carbocycles. The van der Waals surface area contributed by atoms with Crippen molar-refractivity contribution in [2.75, 3.05) is 0 Å². The lowest BCUT2D eigenvalue weighted by atomic mass is 10.1. The van der Waals surface area contributed by atoms with Crippen LogP contribution < -0.4 is 0 Å². The van der Waals surface area contributed by atoms with Crippen molar-refractivity contribution in [2.45, 2.75) is 19.3 Å². The first kappa shape index (κ1) is 13.8. The number of hydrogen-bond donors (Lipinski definition) is 0. The number of aromatic nitrogens is 2. The van der Waals surface area contributed by atoms with Crippen LogP contribution in [0, 0.1) is 0 Å². The van der Waals surface area contributed by atoms with E-state index >= 15 is 0 Å². The summed E-state index contributed by atoms with van der Waals surface area (Å²) < 4.78 is 29.8. The second kappa shape index (κ2) is 6.01. The lowest BCUT2D eigenvalue weighted by Crippen LogP contribution is -2.13. The van der Waals surface area contributed by atoms with E-state index in [-0.39, 0.29) is 5.89 Å². The molecule has 2 rings (SSSR count). The van der Waals surface area contributed by atoms with E-state index in [1.165, 1.54) is 0 Å². The number of rotatable bonds is 5. The van der Waals surface area contributed by atoms with E-state index in [9.17, 15) is 13.6 Å². The maximum atomic E-state index is 12.1. The highest BCUT2D eigenvalue weighted by Gasteiger charge is 2.19. The Labute approximate surface area is 115 Å². The van der Waals surface area contributed by atoms with Crippen LogP contribution in [0.2, 0.25) is 0 Å². The predicted molar refractivity (Wildman–Crippen MR) is 66.0 cm³/mol. The van der Waals surface area contributed by atoms with Crippen molar-refractivity contribution in [3.63, 3.8) is 0 Å². The minimum absolute atomic E-state index is 0.0877. The summed E-state index contributed by atoms with van der Waals surface area (Å²) in [7, 11) is 0. The molecule has 7 heteroatoms. The maximum Gasteiger partial charge on any atom is 0.296 e. The minimum atomic E-state index is -3.01. The van der Waals surface area contributed by atoms with Crippen LogP contribution in [0.3, 0.4) is 0 Å². The second-order valence-corrected chi connectivity index (χ2v) is 4.77. The Kier molecular flexibility index (Phi) is 4.36. The number of nitrogens with zero attached hydrogens (tertiary/aromatic N) is 2.